The number of likely N-dealkylation sites (tertiary alicyclic amines) is 1. The lowest BCUT2D eigenvalue weighted by atomic mass is 10.0. The third-order valence-electron chi connectivity index (χ3n) is 6.30. The van der Waals surface area contributed by atoms with Crippen molar-refractivity contribution in [2.45, 2.75) is 57.7 Å². The molecule has 0 bridgehead atoms. The van der Waals surface area contributed by atoms with Gasteiger partial charge < -0.3 is 9.64 Å². The van der Waals surface area contributed by atoms with Crippen molar-refractivity contribution >= 4 is 17.7 Å². The van der Waals surface area contributed by atoms with Crippen molar-refractivity contribution in [2.24, 2.45) is 0 Å². The second-order valence-electron chi connectivity index (χ2n) is 8.67. The van der Waals surface area contributed by atoms with E-state index in [1.165, 1.54) is 22.9 Å². The summed E-state index contributed by atoms with van der Waals surface area (Å²) in [5.41, 5.74) is 4.58. The zero-order chi connectivity index (χ0) is 23.4. The fraction of sp³-hybridized carbons (Fsp3) is 0.423. The van der Waals surface area contributed by atoms with Crippen molar-refractivity contribution < 1.29 is 9.53 Å². The summed E-state index contributed by atoms with van der Waals surface area (Å²) in [4.78, 5) is 15.5. The SMILES string of the molecule is COc1ccc(C2CCCCCN2C(=O)CSc2nnc(C)n2-c2cc(C)ccc2C)cc1. The summed E-state index contributed by atoms with van der Waals surface area (Å²) in [6.07, 6.45) is 4.32. The van der Waals surface area contributed by atoms with Gasteiger partial charge in [-0.15, -0.1) is 10.2 Å². The van der Waals surface area contributed by atoms with Crippen LogP contribution in [0.4, 0.5) is 0 Å². The van der Waals surface area contributed by atoms with Crippen LogP contribution < -0.4 is 4.74 Å². The van der Waals surface area contributed by atoms with Crippen LogP contribution in [-0.4, -0.2) is 45.0 Å². The van der Waals surface area contributed by atoms with Gasteiger partial charge in [-0.3, -0.25) is 9.36 Å². The highest BCUT2D eigenvalue weighted by Gasteiger charge is 2.27. The van der Waals surface area contributed by atoms with Gasteiger partial charge in [0.2, 0.25) is 5.91 Å². The number of rotatable bonds is 6. The monoisotopic (exact) mass is 464 g/mol. The summed E-state index contributed by atoms with van der Waals surface area (Å²) in [7, 11) is 1.67. The Balaban J connectivity index is 1.53. The molecular weight excluding hydrogens is 432 g/mol. The van der Waals surface area contributed by atoms with Gasteiger partial charge in [-0.2, -0.15) is 0 Å². The Morgan fingerprint density at radius 2 is 1.85 bits per heavy atom. The average Bonchev–Trinajstić information content (AvgIpc) is 3.02. The van der Waals surface area contributed by atoms with Crippen LogP contribution in [0.2, 0.25) is 0 Å². The van der Waals surface area contributed by atoms with Gasteiger partial charge in [0.15, 0.2) is 5.16 Å². The number of hydrogen-bond donors (Lipinski definition) is 0. The second-order valence-corrected chi connectivity index (χ2v) is 9.61. The topological polar surface area (TPSA) is 60.2 Å². The first-order valence-electron chi connectivity index (χ1n) is 11.5. The van der Waals surface area contributed by atoms with E-state index in [1.54, 1.807) is 7.11 Å². The molecule has 1 atom stereocenters. The van der Waals surface area contributed by atoms with E-state index in [0.717, 1.165) is 60.2 Å². The van der Waals surface area contributed by atoms with E-state index in [9.17, 15) is 4.79 Å². The maximum Gasteiger partial charge on any atom is 0.233 e. The first-order valence-corrected chi connectivity index (χ1v) is 12.5. The third-order valence-corrected chi connectivity index (χ3v) is 7.21. The Kier molecular flexibility index (Phi) is 7.38. The standard InChI is InChI=1S/C26H32N4O2S/c1-18-9-10-19(2)24(16-18)30-20(3)27-28-26(30)33-17-25(31)29-15-7-5-6-8-23(29)21-11-13-22(32-4)14-12-21/h9-14,16,23H,5-8,15,17H2,1-4H3. The molecule has 0 saturated carbocycles. The van der Waals surface area contributed by atoms with Crippen LogP contribution in [0.5, 0.6) is 5.75 Å². The molecule has 2 aromatic carbocycles. The fourth-order valence-corrected chi connectivity index (χ4v) is 5.34. The number of aryl methyl sites for hydroxylation is 3. The summed E-state index contributed by atoms with van der Waals surface area (Å²) >= 11 is 1.47. The molecule has 1 aliphatic rings. The van der Waals surface area contributed by atoms with E-state index in [4.69, 9.17) is 4.74 Å². The molecule has 33 heavy (non-hydrogen) atoms. The van der Waals surface area contributed by atoms with Gasteiger partial charge >= 0.3 is 0 Å². The number of aromatic nitrogens is 3. The second kappa shape index (κ2) is 10.4. The van der Waals surface area contributed by atoms with Gasteiger partial charge in [0.05, 0.1) is 24.6 Å². The van der Waals surface area contributed by atoms with Crippen LogP contribution in [0.3, 0.4) is 0 Å². The number of benzene rings is 2. The van der Waals surface area contributed by atoms with E-state index < -0.39 is 0 Å². The van der Waals surface area contributed by atoms with Gasteiger partial charge in [0, 0.05) is 6.54 Å². The van der Waals surface area contributed by atoms with E-state index in [-0.39, 0.29) is 11.9 Å². The summed E-state index contributed by atoms with van der Waals surface area (Å²) in [5, 5.41) is 9.44. The van der Waals surface area contributed by atoms with Crippen molar-refractivity contribution in [2.75, 3.05) is 19.4 Å². The Labute approximate surface area is 200 Å². The van der Waals surface area contributed by atoms with Crippen LogP contribution >= 0.6 is 11.8 Å². The summed E-state index contributed by atoms with van der Waals surface area (Å²) < 4.78 is 7.37. The molecule has 174 valence electrons. The molecule has 1 amide bonds. The predicted molar refractivity (Wildman–Crippen MR) is 132 cm³/mol. The van der Waals surface area contributed by atoms with E-state index >= 15 is 0 Å². The van der Waals surface area contributed by atoms with Crippen molar-refractivity contribution in [3.63, 3.8) is 0 Å². The quantitative estimate of drug-likeness (QED) is 0.455. The Hall–Kier alpha value is -2.80. The van der Waals surface area contributed by atoms with Crippen molar-refractivity contribution in [3.05, 3.63) is 65.0 Å². The van der Waals surface area contributed by atoms with Crippen LogP contribution in [-0.2, 0) is 4.79 Å². The maximum absolute atomic E-state index is 13.4. The molecule has 4 rings (SSSR count). The molecule has 1 aromatic heterocycles. The molecule has 1 unspecified atom stereocenters. The van der Waals surface area contributed by atoms with Crippen LogP contribution in [0.1, 0.15) is 54.2 Å². The highest BCUT2D eigenvalue weighted by Crippen LogP contribution is 2.32. The summed E-state index contributed by atoms with van der Waals surface area (Å²) in [6, 6.07) is 14.6. The van der Waals surface area contributed by atoms with Crippen molar-refractivity contribution in [1.82, 2.24) is 19.7 Å². The van der Waals surface area contributed by atoms with Crippen molar-refractivity contribution in [1.29, 1.82) is 0 Å². The summed E-state index contributed by atoms with van der Waals surface area (Å²) in [5.74, 6) is 2.15. The lowest BCUT2D eigenvalue weighted by molar-refractivity contribution is -0.130. The number of methoxy groups -OCH3 is 1. The summed E-state index contributed by atoms with van der Waals surface area (Å²) in [6.45, 7) is 6.91. The molecule has 3 aromatic rings. The molecule has 0 aliphatic carbocycles. The molecule has 6 nitrogen and oxygen atoms in total. The lowest BCUT2D eigenvalue weighted by Gasteiger charge is -2.30. The number of thioether (sulfide) groups is 1. The first kappa shape index (κ1) is 23.4. The maximum atomic E-state index is 13.4. The van der Waals surface area contributed by atoms with Crippen LogP contribution in [0.25, 0.3) is 5.69 Å². The van der Waals surface area contributed by atoms with Crippen LogP contribution in [0.15, 0.2) is 47.6 Å². The molecule has 7 heteroatoms. The minimum absolute atomic E-state index is 0.102. The predicted octanol–water partition coefficient (Wildman–Crippen LogP) is 5.44. The molecule has 1 fully saturated rings. The zero-order valence-corrected chi connectivity index (χ0v) is 20.7. The number of hydrogen-bond acceptors (Lipinski definition) is 5. The van der Waals surface area contributed by atoms with E-state index in [2.05, 4.69) is 63.8 Å². The molecule has 0 spiro atoms. The van der Waals surface area contributed by atoms with Crippen molar-refractivity contribution in [3.8, 4) is 11.4 Å². The van der Waals surface area contributed by atoms with Gasteiger partial charge in [0.25, 0.3) is 0 Å². The number of amides is 1. The average molecular weight is 465 g/mol. The smallest absolute Gasteiger partial charge is 0.233 e. The molecule has 2 heterocycles. The molecule has 0 radical (unpaired) electrons. The highest BCUT2D eigenvalue weighted by molar-refractivity contribution is 7.99. The number of ether oxygens (including phenoxy) is 1. The minimum Gasteiger partial charge on any atom is -0.497 e. The highest BCUT2D eigenvalue weighted by atomic mass is 32.2. The zero-order valence-electron chi connectivity index (χ0n) is 19.9. The van der Waals surface area contributed by atoms with Gasteiger partial charge in [-0.1, -0.05) is 48.9 Å². The van der Waals surface area contributed by atoms with Gasteiger partial charge in [-0.25, -0.2) is 0 Å². The Morgan fingerprint density at radius 3 is 2.61 bits per heavy atom. The molecular formula is C26H32N4O2S. The number of carbonyl (C=O) groups is 1. The normalized spacial score (nSPS) is 16.5. The van der Waals surface area contributed by atoms with E-state index in [0.29, 0.717) is 5.75 Å². The number of carbonyl (C=O) groups excluding carboxylic acids is 1. The third kappa shape index (κ3) is 5.24. The lowest BCUT2D eigenvalue weighted by Crippen LogP contribution is -2.36. The van der Waals surface area contributed by atoms with Gasteiger partial charge in [0.1, 0.15) is 11.6 Å². The molecule has 1 aliphatic heterocycles. The van der Waals surface area contributed by atoms with Crippen LogP contribution in [0, 0.1) is 20.8 Å². The molecule has 1 saturated heterocycles. The Bertz CT molecular complexity index is 1110. The number of nitrogens with zero attached hydrogens (tertiary/aromatic N) is 4. The van der Waals surface area contributed by atoms with E-state index in [1.807, 2.05) is 19.1 Å². The first-order chi connectivity index (χ1) is 16.0. The fourth-order valence-electron chi connectivity index (χ4n) is 4.46. The van der Waals surface area contributed by atoms with Gasteiger partial charge in [-0.05, 0) is 68.5 Å². The Morgan fingerprint density at radius 1 is 1.06 bits per heavy atom. The molecule has 0 N–H and O–H groups in total. The largest absolute Gasteiger partial charge is 0.497 e. The minimum atomic E-state index is 0.102.